The maximum atomic E-state index is 11.9. The summed E-state index contributed by atoms with van der Waals surface area (Å²) in [5.74, 6) is -0.365. The molecule has 0 amide bonds. The second-order valence-electron chi connectivity index (χ2n) is 4.37. The monoisotopic (exact) mass is 324 g/mol. The Morgan fingerprint density at radius 3 is 2.90 bits per heavy atom. The van der Waals surface area contributed by atoms with Gasteiger partial charge in [-0.3, -0.25) is 5.10 Å². The summed E-state index contributed by atoms with van der Waals surface area (Å²) < 4.78 is 4.82. The van der Waals surface area contributed by atoms with Crippen LogP contribution < -0.4 is 10.6 Å². The van der Waals surface area contributed by atoms with Crippen molar-refractivity contribution in [2.24, 2.45) is 0 Å². The van der Waals surface area contributed by atoms with E-state index in [1.54, 1.807) is 6.20 Å². The fourth-order valence-electron chi connectivity index (χ4n) is 1.77. The van der Waals surface area contributed by atoms with Crippen molar-refractivity contribution in [3.8, 4) is 0 Å². The molecule has 0 spiro atoms. The fourth-order valence-corrected chi connectivity index (χ4v) is 3.06. The van der Waals surface area contributed by atoms with Crippen LogP contribution in [0.1, 0.15) is 26.5 Å². The molecule has 2 heterocycles. The summed E-state index contributed by atoms with van der Waals surface area (Å²) in [6.07, 6.45) is 1.68. The Morgan fingerprint density at radius 2 is 2.29 bits per heavy atom. The quantitative estimate of drug-likeness (QED) is 0.592. The lowest BCUT2D eigenvalue weighted by atomic mass is 10.1. The van der Waals surface area contributed by atoms with E-state index in [1.807, 2.05) is 19.9 Å². The fraction of sp³-hybridized carbons (Fsp3) is 0.308. The topological polar surface area (TPSA) is 79.0 Å². The van der Waals surface area contributed by atoms with Gasteiger partial charge in [0.1, 0.15) is 5.00 Å². The van der Waals surface area contributed by atoms with Crippen LogP contribution in [0.2, 0.25) is 0 Å². The highest BCUT2D eigenvalue weighted by atomic mass is 32.1. The number of nitrogens with one attached hydrogen (secondary N) is 3. The highest BCUT2D eigenvalue weighted by Crippen LogP contribution is 2.32. The van der Waals surface area contributed by atoms with Crippen molar-refractivity contribution >= 4 is 39.6 Å². The first-order valence-electron chi connectivity index (χ1n) is 6.24. The maximum Gasteiger partial charge on any atom is 0.341 e. The molecule has 0 aliphatic rings. The second-order valence-corrected chi connectivity index (χ2v) is 6.00. The van der Waals surface area contributed by atoms with Crippen molar-refractivity contribution < 1.29 is 9.53 Å². The lowest BCUT2D eigenvalue weighted by Crippen LogP contribution is -2.28. The zero-order chi connectivity index (χ0) is 15.4. The Bertz CT molecular complexity index is 649. The molecule has 0 unspecified atom stereocenters. The number of nitrogens with zero attached hydrogens (tertiary/aromatic N) is 1. The summed E-state index contributed by atoms with van der Waals surface area (Å²) in [5, 5.41) is 13.9. The summed E-state index contributed by atoms with van der Waals surface area (Å²) in [6, 6.07) is 1.86. The number of thiophene rings is 1. The smallest absolute Gasteiger partial charge is 0.341 e. The molecule has 0 aliphatic heterocycles. The molecule has 6 nitrogen and oxygen atoms in total. The minimum atomic E-state index is -0.365. The standard InChI is InChI=1S/C13H16N4O2S2/c1-7-8(2)21-11(10(7)12(18)19-3)16-13(20)14-6-9-4-5-15-17-9/h4-5H,6H2,1-3H3,(H,15,17)(H2,14,16,20). The molecule has 21 heavy (non-hydrogen) atoms. The number of ether oxygens (including phenoxy) is 1. The van der Waals surface area contributed by atoms with Gasteiger partial charge in [-0.05, 0) is 37.7 Å². The number of carbonyl (C=O) groups excluding carboxylic acids is 1. The number of aryl methyl sites for hydroxylation is 1. The van der Waals surface area contributed by atoms with Crippen LogP contribution in [0.25, 0.3) is 0 Å². The molecule has 0 saturated carbocycles. The first-order valence-corrected chi connectivity index (χ1v) is 7.46. The van der Waals surface area contributed by atoms with Crippen LogP contribution in [0, 0.1) is 13.8 Å². The molecule has 0 atom stereocenters. The second kappa shape index (κ2) is 6.68. The SMILES string of the molecule is COC(=O)c1c(NC(=S)NCc2ccn[nH]2)sc(C)c1C. The van der Waals surface area contributed by atoms with Crippen molar-refractivity contribution in [1.82, 2.24) is 15.5 Å². The molecule has 112 valence electrons. The Labute approximate surface area is 131 Å². The number of aromatic nitrogens is 2. The van der Waals surface area contributed by atoms with E-state index in [4.69, 9.17) is 17.0 Å². The minimum absolute atomic E-state index is 0.365. The number of H-pyrrole nitrogens is 1. The van der Waals surface area contributed by atoms with E-state index < -0.39 is 0 Å². The van der Waals surface area contributed by atoms with Crippen molar-refractivity contribution in [2.45, 2.75) is 20.4 Å². The van der Waals surface area contributed by atoms with Gasteiger partial charge < -0.3 is 15.4 Å². The molecule has 2 rings (SSSR count). The number of aromatic amines is 1. The number of hydrogen-bond acceptors (Lipinski definition) is 5. The average molecular weight is 324 g/mol. The van der Waals surface area contributed by atoms with Crippen LogP contribution in [-0.4, -0.2) is 28.4 Å². The van der Waals surface area contributed by atoms with E-state index in [-0.39, 0.29) is 5.97 Å². The van der Waals surface area contributed by atoms with E-state index >= 15 is 0 Å². The van der Waals surface area contributed by atoms with Gasteiger partial charge in [-0.1, -0.05) is 0 Å². The number of hydrogen-bond donors (Lipinski definition) is 3. The molecular formula is C13H16N4O2S2. The van der Waals surface area contributed by atoms with Gasteiger partial charge in [-0.2, -0.15) is 5.10 Å². The van der Waals surface area contributed by atoms with E-state index in [0.717, 1.165) is 16.1 Å². The van der Waals surface area contributed by atoms with Crippen LogP contribution >= 0.6 is 23.6 Å². The third kappa shape index (κ3) is 3.59. The lowest BCUT2D eigenvalue weighted by Gasteiger charge is -2.09. The third-order valence-corrected chi connectivity index (χ3v) is 4.37. The maximum absolute atomic E-state index is 11.9. The highest BCUT2D eigenvalue weighted by Gasteiger charge is 2.20. The number of carbonyl (C=O) groups is 1. The zero-order valence-electron chi connectivity index (χ0n) is 11.9. The molecule has 0 radical (unpaired) electrons. The largest absolute Gasteiger partial charge is 0.465 e. The van der Waals surface area contributed by atoms with Gasteiger partial charge in [-0.15, -0.1) is 11.3 Å². The zero-order valence-corrected chi connectivity index (χ0v) is 13.6. The summed E-state index contributed by atoms with van der Waals surface area (Å²) in [6.45, 7) is 4.38. The van der Waals surface area contributed by atoms with Crippen molar-refractivity contribution in [3.05, 3.63) is 34.0 Å². The predicted molar refractivity (Wildman–Crippen MR) is 86.8 cm³/mol. The van der Waals surface area contributed by atoms with Crippen molar-refractivity contribution in [3.63, 3.8) is 0 Å². The van der Waals surface area contributed by atoms with Gasteiger partial charge in [0.2, 0.25) is 0 Å². The number of esters is 1. The molecule has 0 bridgehead atoms. The summed E-state index contributed by atoms with van der Waals surface area (Å²) in [5.41, 5.74) is 2.36. The molecule has 8 heteroatoms. The molecule has 2 aromatic rings. The molecule has 3 N–H and O–H groups in total. The molecule has 0 saturated heterocycles. The molecular weight excluding hydrogens is 308 g/mol. The van der Waals surface area contributed by atoms with Gasteiger partial charge in [0.05, 0.1) is 24.9 Å². The first-order chi connectivity index (χ1) is 10.0. The lowest BCUT2D eigenvalue weighted by molar-refractivity contribution is 0.0601. The van der Waals surface area contributed by atoms with Crippen molar-refractivity contribution in [1.29, 1.82) is 0 Å². The summed E-state index contributed by atoms with van der Waals surface area (Å²) in [7, 11) is 1.37. The normalized spacial score (nSPS) is 10.2. The number of rotatable bonds is 4. The number of thiocarbonyl (C=S) groups is 1. The number of methoxy groups -OCH3 is 1. The van der Waals surface area contributed by atoms with Crippen LogP contribution in [-0.2, 0) is 11.3 Å². The molecule has 0 aromatic carbocycles. The summed E-state index contributed by atoms with van der Waals surface area (Å²) >= 11 is 6.72. The van der Waals surface area contributed by atoms with Crippen LogP contribution in [0.5, 0.6) is 0 Å². The average Bonchev–Trinajstić information content (AvgIpc) is 3.06. The Kier molecular flexibility index (Phi) is 4.92. The molecule has 0 fully saturated rings. The Morgan fingerprint density at radius 1 is 1.52 bits per heavy atom. The Balaban J connectivity index is 2.06. The van der Waals surface area contributed by atoms with Gasteiger partial charge in [0.25, 0.3) is 0 Å². The predicted octanol–water partition coefficient (Wildman–Crippen LogP) is 2.36. The molecule has 0 aliphatic carbocycles. The van der Waals surface area contributed by atoms with E-state index in [2.05, 4.69) is 20.8 Å². The van der Waals surface area contributed by atoms with Crippen LogP contribution in [0.15, 0.2) is 12.3 Å². The first kappa shape index (κ1) is 15.5. The van der Waals surface area contributed by atoms with E-state index in [0.29, 0.717) is 22.2 Å². The Hall–Kier alpha value is -1.93. The number of anilines is 1. The van der Waals surface area contributed by atoms with Crippen LogP contribution in [0.4, 0.5) is 5.00 Å². The van der Waals surface area contributed by atoms with Crippen LogP contribution in [0.3, 0.4) is 0 Å². The highest BCUT2D eigenvalue weighted by molar-refractivity contribution is 7.80. The van der Waals surface area contributed by atoms with Gasteiger partial charge in [0.15, 0.2) is 5.11 Å². The molecule has 2 aromatic heterocycles. The third-order valence-electron chi connectivity index (χ3n) is 3.00. The van der Waals surface area contributed by atoms with E-state index in [1.165, 1.54) is 18.4 Å². The van der Waals surface area contributed by atoms with E-state index in [9.17, 15) is 4.79 Å². The minimum Gasteiger partial charge on any atom is -0.465 e. The van der Waals surface area contributed by atoms with Gasteiger partial charge >= 0.3 is 5.97 Å². The van der Waals surface area contributed by atoms with Gasteiger partial charge in [0, 0.05) is 11.1 Å². The van der Waals surface area contributed by atoms with Crippen molar-refractivity contribution in [2.75, 3.05) is 12.4 Å². The summed E-state index contributed by atoms with van der Waals surface area (Å²) in [4.78, 5) is 12.9. The van der Waals surface area contributed by atoms with Gasteiger partial charge in [-0.25, -0.2) is 4.79 Å².